The van der Waals surface area contributed by atoms with Gasteiger partial charge in [-0.3, -0.25) is 4.79 Å². The molecule has 0 bridgehead atoms. The number of amides is 1. The van der Waals surface area contributed by atoms with Crippen LogP contribution in [0.1, 0.15) is 37.7 Å². The van der Waals surface area contributed by atoms with Gasteiger partial charge in [0.15, 0.2) is 0 Å². The van der Waals surface area contributed by atoms with Gasteiger partial charge in [0, 0.05) is 26.6 Å². The lowest BCUT2D eigenvalue weighted by Crippen LogP contribution is -2.48. The number of nitrogens with one attached hydrogen (secondary N) is 1. The van der Waals surface area contributed by atoms with Crippen LogP contribution in [0.25, 0.3) is 0 Å². The van der Waals surface area contributed by atoms with E-state index >= 15 is 0 Å². The van der Waals surface area contributed by atoms with E-state index in [0.717, 1.165) is 45.4 Å². The van der Waals surface area contributed by atoms with Gasteiger partial charge in [0.2, 0.25) is 5.91 Å². The summed E-state index contributed by atoms with van der Waals surface area (Å²) in [6.45, 7) is 3.57. The predicted molar refractivity (Wildman–Crippen MR) is 91.0 cm³/mol. The molecule has 1 spiro atoms. The van der Waals surface area contributed by atoms with Gasteiger partial charge in [0.25, 0.3) is 0 Å². The van der Waals surface area contributed by atoms with E-state index in [4.69, 9.17) is 4.74 Å². The van der Waals surface area contributed by atoms with E-state index in [0.29, 0.717) is 18.9 Å². The van der Waals surface area contributed by atoms with Crippen LogP contribution in [0.5, 0.6) is 0 Å². The van der Waals surface area contributed by atoms with Crippen LogP contribution in [0.15, 0.2) is 30.3 Å². The Morgan fingerprint density at radius 3 is 2.78 bits per heavy atom. The first-order valence-corrected chi connectivity index (χ1v) is 8.79. The Labute approximate surface area is 139 Å². The minimum atomic E-state index is 0.0342. The third-order valence-electron chi connectivity index (χ3n) is 5.26. The minimum Gasteiger partial charge on any atom is -0.375 e. The number of hydrogen-bond acceptors (Lipinski definition) is 3. The molecule has 1 atom stereocenters. The second-order valence-electron chi connectivity index (χ2n) is 7.08. The molecule has 0 aliphatic carbocycles. The lowest BCUT2D eigenvalue weighted by molar-refractivity contribution is -0.137. The lowest BCUT2D eigenvalue weighted by atomic mass is 9.78. The van der Waals surface area contributed by atoms with Crippen molar-refractivity contribution in [2.45, 2.75) is 44.2 Å². The fourth-order valence-corrected chi connectivity index (χ4v) is 3.88. The fraction of sp³-hybridized carbons (Fsp3) is 0.632. The molecule has 0 radical (unpaired) electrons. The highest BCUT2D eigenvalue weighted by molar-refractivity contribution is 5.76. The van der Waals surface area contributed by atoms with Gasteiger partial charge < -0.3 is 15.0 Å². The number of hydrogen-bond donors (Lipinski definition) is 1. The Balaban J connectivity index is 1.52. The highest BCUT2D eigenvalue weighted by atomic mass is 16.5. The van der Waals surface area contributed by atoms with Crippen molar-refractivity contribution in [1.29, 1.82) is 0 Å². The number of rotatable bonds is 4. The second-order valence-corrected chi connectivity index (χ2v) is 7.08. The van der Waals surface area contributed by atoms with Crippen molar-refractivity contribution in [3.8, 4) is 0 Å². The summed E-state index contributed by atoms with van der Waals surface area (Å²) < 4.78 is 6.11. The zero-order valence-corrected chi connectivity index (χ0v) is 14.1. The first-order valence-electron chi connectivity index (χ1n) is 8.79. The molecular weight excluding hydrogens is 288 g/mol. The summed E-state index contributed by atoms with van der Waals surface area (Å²) in [6, 6.07) is 10.2. The van der Waals surface area contributed by atoms with Crippen LogP contribution in [-0.2, 0) is 16.1 Å². The highest BCUT2D eigenvalue weighted by Gasteiger charge is 2.39. The van der Waals surface area contributed by atoms with Crippen molar-refractivity contribution in [2.75, 3.05) is 26.7 Å². The van der Waals surface area contributed by atoms with Gasteiger partial charge in [-0.2, -0.15) is 0 Å². The molecule has 4 nitrogen and oxygen atoms in total. The average molecular weight is 316 g/mol. The largest absolute Gasteiger partial charge is 0.375 e. The Hall–Kier alpha value is -1.39. The summed E-state index contributed by atoms with van der Waals surface area (Å²) in [7, 11) is 1.91. The first kappa shape index (κ1) is 16.5. The van der Waals surface area contributed by atoms with Crippen LogP contribution in [-0.4, -0.2) is 43.2 Å². The van der Waals surface area contributed by atoms with Crippen molar-refractivity contribution in [2.24, 2.45) is 5.92 Å². The van der Waals surface area contributed by atoms with E-state index < -0.39 is 0 Å². The van der Waals surface area contributed by atoms with E-state index in [-0.39, 0.29) is 11.5 Å². The molecular formula is C19H28N2O2. The maximum absolute atomic E-state index is 12.6. The van der Waals surface area contributed by atoms with Crippen molar-refractivity contribution < 1.29 is 9.53 Å². The average Bonchev–Trinajstić information content (AvgIpc) is 2.56. The summed E-state index contributed by atoms with van der Waals surface area (Å²) in [4.78, 5) is 14.4. The molecule has 126 valence electrons. The Kier molecular flexibility index (Phi) is 5.34. The number of nitrogens with zero attached hydrogens (tertiary/aromatic N) is 1. The maximum Gasteiger partial charge on any atom is 0.222 e. The van der Waals surface area contributed by atoms with Gasteiger partial charge in [0.1, 0.15) is 0 Å². The van der Waals surface area contributed by atoms with Gasteiger partial charge in [-0.15, -0.1) is 0 Å². The molecule has 1 aromatic rings. The van der Waals surface area contributed by atoms with Crippen molar-refractivity contribution in [3.63, 3.8) is 0 Å². The molecule has 1 amide bonds. The summed E-state index contributed by atoms with van der Waals surface area (Å²) >= 11 is 0. The summed E-state index contributed by atoms with van der Waals surface area (Å²) in [5, 5.41) is 3.40. The van der Waals surface area contributed by atoms with Crippen LogP contribution in [0, 0.1) is 5.92 Å². The molecule has 3 rings (SSSR count). The second kappa shape index (κ2) is 7.45. The molecule has 1 aromatic carbocycles. The van der Waals surface area contributed by atoms with Crippen molar-refractivity contribution >= 4 is 5.91 Å². The Morgan fingerprint density at radius 2 is 2.04 bits per heavy atom. The number of benzene rings is 1. The molecule has 2 aliphatic heterocycles. The van der Waals surface area contributed by atoms with Crippen LogP contribution < -0.4 is 5.32 Å². The van der Waals surface area contributed by atoms with Crippen molar-refractivity contribution in [1.82, 2.24) is 10.2 Å². The molecule has 4 heteroatoms. The first-order chi connectivity index (χ1) is 11.2. The maximum atomic E-state index is 12.6. The normalized spacial score (nSPS) is 23.6. The van der Waals surface area contributed by atoms with Gasteiger partial charge >= 0.3 is 0 Å². The minimum absolute atomic E-state index is 0.0342. The molecule has 23 heavy (non-hydrogen) atoms. The molecule has 2 fully saturated rings. The summed E-state index contributed by atoms with van der Waals surface area (Å²) in [5.41, 5.74) is 1.22. The summed E-state index contributed by atoms with van der Waals surface area (Å²) in [6.07, 6.45) is 4.87. The van der Waals surface area contributed by atoms with Crippen LogP contribution in [0.4, 0.5) is 0 Å². The molecule has 0 aromatic heterocycles. The van der Waals surface area contributed by atoms with Gasteiger partial charge in [-0.1, -0.05) is 30.3 Å². The molecule has 2 aliphatic rings. The van der Waals surface area contributed by atoms with Crippen LogP contribution in [0.3, 0.4) is 0 Å². The molecule has 2 saturated heterocycles. The fourth-order valence-electron chi connectivity index (χ4n) is 3.88. The number of piperidine rings is 1. The number of carbonyl (C=O) groups is 1. The highest BCUT2D eigenvalue weighted by Crippen LogP contribution is 2.37. The van der Waals surface area contributed by atoms with Crippen LogP contribution in [0.2, 0.25) is 0 Å². The van der Waals surface area contributed by atoms with Gasteiger partial charge in [0.05, 0.1) is 5.60 Å². The Morgan fingerprint density at radius 1 is 1.30 bits per heavy atom. The quantitative estimate of drug-likeness (QED) is 0.928. The predicted octanol–water partition coefficient (Wildman–Crippen LogP) is 2.58. The molecule has 1 unspecified atom stereocenters. The third-order valence-corrected chi connectivity index (χ3v) is 5.26. The summed E-state index contributed by atoms with van der Waals surface area (Å²) in [5.74, 6) is 0.720. The standard InChI is InChI=1S/C19H28N2O2/c1-21(15-16-5-3-2-4-6-16)18(22)13-17-7-12-23-19(14-17)8-10-20-11-9-19/h2-6,17,20H,7-15H2,1H3. The van der Waals surface area contributed by atoms with E-state index in [1.165, 1.54) is 5.56 Å². The zero-order valence-electron chi connectivity index (χ0n) is 14.1. The van der Waals surface area contributed by atoms with Crippen molar-refractivity contribution in [3.05, 3.63) is 35.9 Å². The lowest BCUT2D eigenvalue weighted by Gasteiger charge is -2.43. The van der Waals surface area contributed by atoms with E-state index in [9.17, 15) is 4.79 Å². The molecule has 0 saturated carbocycles. The monoisotopic (exact) mass is 316 g/mol. The smallest absolute Gasteiger partial charge is 0.222 e. The van der Waals surface area contributed by atoms with Gasteiger partial charge in [-0.25, -0.2) is 0 Å². The van der Waals surface area contributed by atoms with Crippen LogP contribution >= 0.6 is 0 Å². The van der Waals surface area contributed by atoms with E-state index in [1.54, 1.807) is 0 Å². The van der Waals surface area contributed by atoms with E-state index in [2.05, 4.69) is 17.4 Å². The van der Waals surface area contributed by atoms with E-state index in [1.807, 2.05) is 30.1 Å². The topological polar surface area (TPSA) is 41.6 Å². The zero-order chi connectivity index (χ0) is 16.1. The molecule has 1 N–H and O–H groups in total. The SMILES string of the molecule is CN(Cc1ccccc1)C(=O)CC1CCOC2(CCNCC2)C1. The Bertz CT molecular complexity index is 506. The third kappa shape index (κ3) is 4.33. The molecule has 2 heterocycles. The number of ether oxygens (including phenoxy) is 1. The number of carbonyl (C=O) groups excluding carboxylic acids is 1. The van der Waals surface area contributed by atoms with Gasteiger partial charge in [-0.05, 0) is 50.3 Å².